The first-order valence-corrected chi connectivity index (χ1v) is 19.0. The third-order valence-electron chi connectivity index (χ3n) is 11.8. The molecule has 0 atom stereocenters. The second-order valence-corrected chi connectivity index (χ2v) is 14.7. The Balaban J connectivity index is 1.17. The van der Waals surface area contributed by atoms with Crippen molar-refractivity contribution in [3.8, 4) is 33.4 Å². The van der Waals surface area contributed by atoms with Crippen LogP contribution in [0.1, 0.15) is 0 Å². The monoisotopic (exact) mass is 696 g/mol. The van der Waals surface area contributed by atoms with Gasteiger partial charge in [-0.15, -0.1) is 0 Å². The number of fused-ring (bicyclic) bond motifs is 10. The topological polar surface area (TPSA) is 13.1 Å². The van der Waals surface area contributed by atoms with E-state index in [1.807, 2.05) is 0 Å². The SMILES string of the molecule is c1ccc2cc(-c3c4ccccc4c(-c4c5ccccc5c(-c5ccc6c(c5)oc5c7ccccc7ccc65)c5ccccc45)c4ccccc34)ccc2c1. The van der Waals surface area contributed by atoms with Gasteiger partial charge in [-0.25, -0.2) is 0 Å². The minimum Gasteiger partial charge on any atom is -0.455 e. The van der Waals surface area contributed by atoms with Gasteiger partial charge in [0.25, 0.3) is 0 Å². The molecule has 0 radical (unpaired) electrons. The molecule has 0 N–H and O–H groups in total. The largest absolute Gasteiger partial charge is 0.455 e. The minimum absolute atomic E-state index is 0.905. The Kier molecular flexibility index (Phi) is 6.40. The minimum atomic E-state index is 0.905. The molecule has 0 bridgehead atoms. The summed E-state index contributed by atoms with van der Waals surface area (Å²) in [5, 5.41) is 17.1. The molecule has 1 aromatic heterocycles. The molecule has 11 aromatic carbocycles. The van der Waals surface area contributed by atoms with Crippen molar-refractivity contribution in [1.82, 2.24) is 0 Å². The third-order valence-corrected chi connectivity index (χ3v) is 11.8. The van der Waals surface area contributed by atoms with E-state index >= 15 is 0 Å². The normalized spacial score (nSPS) is 12.0. The summed E-state index contributed by atoms with van der Waals surface area (Å²) in [4.78, 5) is 0. The smallest absolute Gasteiger partial charge is 0.143 e. The summed E-state index contributed by atoms with van der Waals surface area (Å²) >= 11 is 0. The Morgan fingerprint density at radius 3 is 1.16 bits per heavy atom. The van der Waals surface area contributed by atoms with Crippen LogP contribution in [-0.2, 0) is 0 Å². The Hall–Kier alpha value is -7.22. The van der Waals surface area contributed by atoms with E-state index in [0.29, 0.717) is 0 Å². The lowest BCUT2D eigenvalue weighted by molar-refractivity contribution is 0.673. The molecule has 0 aliphatic heterocycles. The van der Waals surface area contributed by atoms with Crippen molar-refractivity contribution in [2.45, 2.75) is 0 Å². The fraction of sp³-hybridized carbons (Fsp3) is 0. The van der Waals surface area contributed by atoms with Crippen LogP contribution in [0.2, 0.25) is 0 Å². The molecule has 254 valence electrons. The molecule has 0 fully saturated rings. The quantitative estimate of drug-likeness (QED) is 0.168. The second-order valence-electron chi connectivity index (χ2n) is 14.7. The third kappa shape index (κ3) is 4.41. The fourth-order valence-electron chi connectivity index (χ4n) is 9.42. The van der Waals surface area contributed by atoms with Crippen molar-refractivity contribution in [1.29, 1.82) is 0 Å². The average molecular weight is 697 g/mol. The van der Waals surface area contributed by atoms with Crippen molar-refractivity contribution in [3.63, 3.8) is 0 Å². The van der Waals surface area contributed by atoms with E-state index < -0.39 is 0 Å². The van der Waals surface area contributed by atoms with Gasteiger partial charge in [-0.3, -0.25) is 0 Å². The van der Waals surface area contributed by atoms with Gasteiger partial charge in [0.1, 0.15) is 11.2 Å². The molecule has 1 heteroatoms. The van der Waals surface area contributed by atoms with Crippen LogP contribution < -0.4 is 0 Å². The molecule has 1 heterocycles. The molecular weight excluding hydrogens is 665 g/mol. The van der Waals surface area contributed by atoms with Crippen LogP contribution in [0, 0.1) is 0 Å². The predicted molar refractivity (Wildman–Crippen MR) is 235 cm³/mol. The Labute approximate surface area is 317 Å². The molecule has 12 rings (SSSR count). The van der Waals surface area contributed by atoms with E-state index in [4.69, 9.17) is 4.42 Å². The first-order chi connectivity index (χ1) is 27.3. The van der Waals surface area contributed by atoms with Gasteiger partial charge in [-0.1, -0.05) is 170 Å². The van der Waals surface area contributed by atoms with Gasteiger partial charge in [0.15, 0.2) is 0 Å². The highest BCUT2D eigenvalue weighted by atomic mass is 16.3. The number of furan rings is 1. The van der Waals surface area contributed by atoms with Gasteiger partial charge in [0.2, 0.25) is 0 Å². The maximum absolute atomic E-state index is 6.71. The zero-order valence-corrected chi connectivity index (χ0v) is 29.9. The van der Waals surface area contributed by atoms with Crippen molar-refractivity contribution in [2.75, 3.05) is 0 Å². The Morgan fingerprint density at radius 2 is 0.618 bits per heavy atom. The van der Waals surface area contributed by atoms with Crippen molar-refractivity contribution >= 4 is 86.6 Å². The van der Waals surface area contributed by atoms with Crippen LogP contribution in [-0.4, -0.2) is 0 Å². The lowest BCUT2D eigenvalue weighted by Crippen LogP contribution is -1.94. The molecule has 0 saturated carbocycles. The van der Waals surface area contributed by atoms with Gasteiger partial charge in [0.05, 0.1) is 0 Å². The average Bonchev–Trinajstić information content (AvgIpc) is 3.63. The highest BCUT2D eigenvalue weighted by Gasteiger charge is 2.23. The highest BCUT2D eigenvalue weighted by Crippen LogP contribution is 2.50. The summed E-state index contributed by atoms with van der Waals surface area (Å²) in [6.07, 6.45) is 0. The van der Waals surface area contributed by atoms with Crippen LogP contribution in [0.3, 0.4) is 0 Å². The van der Waals surface area contributed by atoms with E-state index in [1.54, 1.807) is 0 Å². The summed E-state index contributed by atoms with van der Waals surface area (Å²) in [5.74, 6) is 0. The summed E-state index contributed by atoms with van der Waals surface area (Å²) in [5.41, 5.74) is 9.27. The van der Waals surface area contributed by atoms with Crippen LogP contribution in [0.4, 0.5) is 0 Å². The lowest BCUT2D eigenvalue weighted by atomic mass is 9.81. The van der Waals surface area contributed by atoms with Crippen LogP contribution in [0.15, 0.2) is 199 Å². The van der Waals surface area contributed by atoms with E-state index in [2.05, 4.69) is 194 Å². The molecule has 0 spiro atoms. The van der Waals surface area contributed by atoms with Crippen LogP contribution >= 0.6 is 0 Å². The summed E-state index contributed by atoms with van der Waals surface area (Å²) < 4.78 is 6.71. The number of hydrogen-bond acceptors (Lipinski definition) is 1. The van der Waals surface area contributed by atoms with Gasteiger partial charge in [-0.05, 0) is 117 Å². The van der Waals surface area contributed by atoms with Gasteiger partial charge >= 0.3 is 0 Å². The predicted octanol–water partition coefficient (Wildman–Crippen LogP) is 15.5. The molecule has 0 amide bonds. The number of hydrogen-bond donors (Lipinski definition) is 0. The maximum Gasteiger partial charge on any atom is 0.143 e. The van der Waals surface area contributed by atoms with E-state index in [1.165, 1.54) is 87.1 Å². The number of rotatable bonds is 3. The van der Waals surface area contributed by atoms with Gasteiger partial charge < -0.3 is 4.42 Å². The van der Waals surface area contributed by atoms with E-state index in [-0.39, 0.29) is 0 Å². The molecule has 1 nitrogen and oxygen atoms in total. The Bertz CT molecular complexity index is 3430. The Morgan fingerprint density at radius 1 is 0.236 bits per heavy atom. The molecular formula is C54H32O. The van der Waals surface area contributed by atoms with E-state index in [0.717, 1.165) is 32.9 Å². The second kappa shape index (κ2) is 11.6. The first kappa shape index (κ1) is 30.3. The zero-order chi connectivity index (χ0) is 36.0. The fourth-order valence-corrected chi connectivity index (χ4v) is 9.42. The van der Waals surface area contributed by atoms with Crippen molar-refractivity contribution < 1.29 is 4.42 Å². The molecule has 0 unspecified atom stereocenters. The van der Waals surface area contributed by atoms with E-state index in [9.17, 15) is 0 Å². The molecule has 12 aromatic rings. The first-order valence-electron chi connectivity index (χ1n) is 19.0. The van der Waals surface area contributed by atoms with Crippen LogP contribution in [0.5, 0.6) is 0 Å². The molecule has 0 saturated heterocycles. The van der Waals surface area contributed by atoms with Gasteiger partial charge in [0, 0.05) is 16.2 Å². The number of benzene rings is 11. The summed E-state index contributed by atoms with van der Waals surface area (Å²) in [6.45, 7) is 0. The highest BCUT2D eigenvalue weighted by molar-refractivity contribution is 6.30. The molecule has 0 aliphatic carbocycles. The summed E-state index contributed by atoms with van der Waals surface area (Å²) in [7, 11) is 0. The maximum atomic E-state index is 6.71. The van der Waals surface area contributed by atoms with Crippen molar-refractivity contribution in [2.24, 2.45) is 0 Å². The molecule has 55 heavy (non-hydrogen) atoms. The zero-order valence-electron chi connectivity index (χ0n) is 29.9. The van der Waals surface area contributed by atoms with Gasteiger partial charge in [-0.2, -0.15) is 0 Å². The molecule has 0 aliphatic rings. The lowest BCUT2D eigenvalue weighted by Gasteiger charge is -2.22. The summed E-state index contributed by atoms with van der Waals surface area (Å²) in [6, 6.07) is 71.1. The van der Waals surface area contributed by atoms with Crippen LogP contribution in [0.25, 0.3) is 120 Å². The standard InChI is InChI=1S/C54H32O/c1-2-15-35-31-36(26-25-33(35)13-1)50-40-17-5-9-21-44(40)52(45-22-10-6-18-41(45)50)53-46-23-11-7-19-42(46)51(43-20-8-12-24-47(43)53)37-28-29-39-48-30-27-34-14-3-4-16-38(34)54(48)55-49(39)32-37/h1-32H. The van der Waals surface area contributed by atoms with Crippen molar-refractivity contribution in [3.05, 3.63) is 194 Å².